The van der Waals surface area contributed by atoms with Crippen LogP contribution in [-0.4, -0.2) is 12.5 Å². The highest BCUT2D eigenvalue weighted by Gasteiger charge is 2.48. The van der Waals surface area contributed by atoms with Crippen LogP contribution in [0.15, 0.2) is 18.2 Å². The lowest BCUT2D eigenvalue weighted by molar-refractivity contribution is -0.118. The molecule has 2 saturated carbocycles. The van der Waals surface area contributed by atoms with Crippen molar-refractivity contribution in [2.45, 2.75) is 38.2 Å². The van der Waals surface area contributed by atoms with Crippen LogP contribution in [0, 0.1) is 17.8 Å². The van der Waals surface area contributed by atoms with Gasteiger partial charge in [-0.25, -0.2) is 0 Å². The van der Waals surface area contributed by atoms with Gasteiger partial charge in [0.05, 0.1) is 5.92 Å². The minimum atomic E-state index is -2.84. The Bertz CT molecular complexity index is 590. The topological polar surface area (TPSA) is 38.3 Å². The number of hydrogen-bond donors (Lipinski definition) is 1. The second-order valence-electron chi connectivity index (χ2n) is 6.43. The molecule has 0 aromatic heterocycles. The van der Waals surface area contributed by atoms with Gasteiger partial charge in [0.25, 0.3) is 0 Å². The number of halogens is 2. The highest BCUT2D eigenvalue weighted by Crippen LogP contribution is 2.55. The minimum absolute atomic E-state index is 0.0109. The molecule has 0 saturated heterocycles. The SMILES string of the molecule is O=C1Nc2ccc(OC(F)F)cc2C1C1CC2CCC1C2. The van der Waals surface area contributed by atoms with Crippen LogP contribution >= 0.6 is 0 Å². The van der Waals surface area contributed by atoms with Gasteiger partial charge in [0.1, 0.15) is 5.75 Å². The van der Waals surface area contributed by atoms with Gasteiger partial charge in [-0.15, -0.1) is 0 Å². The smallest absolute Gasteiger partial charge is 0.387 e. The summed E-state index contributed by atoms with van der Waals surface area (Å²) in [5.41, 5.74) is 1.57. The lowest BCUT2D eigenvalue weighted by atomic mass is 9.76. The van der Waals surface area contributed by atoms with Crippen molar-refractivity contribution < 1.29 is 18.3 Å². The van der Waals surface area contributed by atoms with E-state index in [0.717, 1.165) is 23.6 Å². The molecule has 2 aliphatic carbocycles. The predicted molar refractivity (Wildman–Crippen MR) is 73.4 cm³/mol. The quantitative estimate of drug-likeness (QED) is 0.921. The molecule has 1 aromatic carbocycles. The van der Waals surface area contributed by atoms with Crippen LogP contribution in [0.1, 0.15) is 37.2 Å². The molecule has 21 heavy (non-hydrogen) atoms. The Hall–Kier alpha value is -1.65. The summed E-state index contributed by atoms with van der Waals surface area (Å²) in [7, 11) is 0. The zero-order chi connectivity index (χ0) is 14.6. The van der Waals surface area contributed by atoms with Gasteiger partial charge in [-0.1, -0.05) is 6.42 Å². The van der Waals surface area contributed by atoms with Crippen molar-refractivity contribution in [3.63, 3.8) is 0 Å². The van der Waals surface area contributed by atoms with E-state index in [-0.39, 0.29) is 17.6 Å². The summed E-state index contributed by atoms with van der Waals surface area (Å²) in [4.78, 5) is 12.3. The van der Waals surface area contributed by atoms with E-state index in [1.165, 1.54) is 25.3 Å². The number of alkyl halides is 2. The molecule has 1 N–H and O–H groups in total. The normalized spacial score (nSPS) is 33.4. The Morgan fingerprint density at radius 3 is 2.76 bits per heavy atom. The van der Waals surface area contributed by atoms with Crippen molar-refractivity contribution >= 4 is 11.6 Å². The van der Waals surface area contributed by atoms with Gasteiger partial charge in [-0.05, 0) is 60.8 Å². The maximum atomic E-state index is 12.4. The summed E-state index contributed by atoms with van der Waals surface area (Å²) in [5, 5.41) is 2.88. The van der Waals surface area contributed by atoms with Crippen LogP contribution in [0.4, 0.5) is 14.5 Å². The van der Waals surface area contributed by atoms with Crippen molar-refractivity contribution in [2.75, 3.05) is 5.32 Å². The first kappa shape index (κ1) is 13.0. The number of rotatable bonds is 3. The summed E-state index contributed by atoms with van der Waals surface area (Å²) < 4.78 is 29.2. The standard InChI is InChI=1S/C16H17F2NO2/c17-16(18)21-10-3-4-13-12(7-10)14(15(20)19-13)11-6-8-1-2-9(11)5-8/h3-4,7-9,11,14,16H,1-2,5-6H2,(H,19,20). The number of carbonyl (C=O) groups is 1. The maximum Gasteiger partial charge on any atom is 0.387 e. The Morgan fingerprint density at radius 1 is 1.24 bits per heavy atom. The molecule has 4 unspecified atom stereocenters. The molecule has 2 fully saturated rings. The fourth-order valence-corrected chi connectivity index (χ4v) is 4.57. The van der Waals surface area contributed by atoms with Crippen molar-refractivity contribution in [1.82, 2.24) is 0 Å². The van der Waals surface area contributed by atoms with E-state index in [0.29, 0.717) is 11.8 Å². The predicted octanol–water partition coefficient (Wildman–Crippen LogP) is 3.76. The average molecular weight is 293 g/mol. The van der Waals surface area contributed by atoms with Crippen molar-refractivity contribution in [1.29, 1.82) is 0 Å². The first-order chi connectivity index (χ1) is 10.1. The zero-order valence-corrected chi connectivity index (χ0v) is 11.5. The molecule has 112 valence electrons. The van der Waals surface area contributed by atoms with Crippen molar-refractivity contribution in [3.05, 3.63) is 23.8 Å². The fraction of sp³-hybridized carbons (Fsp3) is 0.562. The van der Waals surface area contributed by atoms with E-state index < -0.39 is 6.61 Å². The molecule has 0 spiro atoms. The van der Waals surface area contributed by atoms with E-state index in [1.807, 2.05) is 0 Å². The van der Waals surface area contributed by atoms with Crippen molar-refractivity contribution in [2.24, 2.45) is 17.8 Å². The second kappa shape index (κ2) is 4.68. The van der Waals surface area contributed by atoms with Crippen molar-refractivity contribution in [3.8, 4) is 5.75 Å². The summed E-state index contributed by atoms with van der Waals surface area (Å²) in [5.74, 6) is 1.65. The van der Waals surface area contributed by atoms with Crippen LogP contribution in [0.2, 0.25) is 0 Å². The number of amides is 1. The second-order valence-corrected chi connectivity index (χ2v) is 6.43. The molecule has 1 heterocycles. The van der Waals surface area contributed by atoms with E-state index in [2.05, 4.69) is 10.1 Å². The number of carbonyl (C=O) groups excluding carboxylic acids is 1. The number of ether oxygens (including phenoxy) is 1. The average Bonchev–Trinajstić information content (AvgIpc) is 3.10. The van der Waals surface area contributed by atoms with Gasteiger partial charge in [-0.2, -0.15) is 8.78 Å². The van der Waals surface area contributed by atoms with Gasteiger partial charge in [0.15, 0.2) is 0 Å². The van der Waals surface area contributed by atoms with E-state index in [1.54, 1.807) is 12.1 Å². The number of fused-ring (bicyclic) bond motifs is 3. The molecule has 4 atom stereocenters. The number of anilines is 1. The first-order valence-corrected chi connectivity index (χ1v) is 7.51. The van der Waals surface area contributed by atoms with Crippen LogP contribution < -0.4 is 10.1 Å². The molecule has 4 rings (SSSR count). The summed E-state index contributed by atoms with van der Waals surface area (Å²) in [6.45, 7) is -2.84. The molecule has 3 nitrogen and oxygen atoms in total. The van der Waals surface area contributed by atoms with Crippen LogP contribution in [0.25, 0.3) is 0 Å². The molecular weight excluding hydrogens is 276 g/mol. The van der Waals surface area contributed by atoms with Gasteiger partial charge < -0.3 is 10.1 Å². The van der Waals surface area contributed by atoms with Gasteiger partial charge in [-0.3, -0.25) is 4.79 Å². The minimum Gasteiger partial charge on any atom is -0.435 e. The highest BCUT2D eigenvalue weighted by molar-refractivity contribution is 6.03. The summed E-state index contributed by atoms with van der Waals surface area (Å²) in [6, 6.07) is 4.75. The van der Waals surface area contributed by atoms with Crippen LogP contribution in [-0.2, 0) is 4.79 Å². The molecule has 2 bridgehead atoms. The summed E-state index contributed by atoms with van der Waals surface area (Å²) >= 11 is 0. The molecule has 3 aliphatic rings. The lowest BCUT2D eigenvalue weighted by Gasteiger charge is -2.26. The third-order valence-electron chi connectivity index (χ3n) is 5.34. The first-order valence-electron chi connectivity index (χ1n) is 7.51. The fourth-order valence-electron chi connectivity index (χ4n) is 4.57. The van der Waals surface area contributed by atoms with Gasteiger partial charge in [0.2, 0.25) is 5.91 Å². The Morgan fingerprint density at radius 2 is 2.10 bits per heavy atom. The van der Waals surface area contributed by atoms with E-state index >= 15 is 0 Å². The van der Waals surface area contributed by atoms with E-state index in [9.17, 15) is 13.6 Å². The molecule has 0 radical (unpaired) electrons. The molecule has 1 aliphatic heterocycles. The Balaban J connectivity index is 1.66. The monoisotopic (exact) mass is 293 g/mol. The maximum absolute atomic E-state index is 12.4. The molecule has 5 heteroatoms. The molecular formula is C16H17F2NO2. The molecule has 1 aromatic rings. The number of nitrogens with one attached hydrogen (secondary N) is 1. The largest absolute Gasteiger partial charge is 0.435 e. The zero-order valence-electron chi connectivity index (χ0n) is 11.5. The van der Waals surface area contributed by atoms with Gasteiger partial charge in [0, 0.05) is 5.69 Å². The Labute approximate surface area is 121 Å². The summed E-state index contributed by atoms with van der Waals surface area (Å²) in [6.07, 6.45) is 4.78. The number of hydrogen-bond acceptors (Lipinski definition) is 2. The Kier molecular flexibility index (Phi) is 2.91. The highest BCUT2D eigenvalue weighted by atomic mass is 19.3. The van der Waals surface area contributed by atoms with Gasteiger partial charge >= 0.3 is 6.61 Å². The third kappa shape index (κ3) is 2.10. The molecule has 1 amide bonds. The lowest BCUT2D eigenvalue weighted by Crippen LogP contribution is -2.25. The van der Waals surface area contributed by atoms with E-state index in [4.69, 9.17) is 0 Å². The third-order valence-corrected chi connectivity index (χ3v) is 5.34. The van der Waals surface area contributed by atoms with Crippen LogP contribution in [0.5, 0.6) is 5.75 Å². The van der Waals surface area contributed by atoms with Crippen LogP contribution in [0.3, 0.4) is 0 Å². The number of benzene rings is 1.